The number of aliphatic hydroxyl groups excluding tert-OH is 1. The van der Waals surface area contributed by atoms with Gasteiger partial charge >= 0.3 is 20.4 Å². The van der Waals surface area contributed by atoms with Crippen molar-refractivity contribution in [2.45, 2.75) is 48.3 Å². The van der Waals surface area contributed by atoms with Crippen LogP contribution >= 0.6 is 0 Å². The van der Waals surface area contributed by atoms with Gasteiger partial charge in [-0.2, -0.15) is 0 Å². The Bertz CT molecular complexity index is 88.9. The van der Waals surface area contributed by atoms with Crippen LogP contribution in [0.25, 0.3) is 0 Å². The third-order valence-corrected chi connectivity index (χ3v) is 4.23. The molecular formula is C10H22MgO2. The predicted molar refractivity (Wildman–Crippen MR) is 57.2 cm³/mol. The van der Waals surface area contributed by atoms with Crippen LogP contribution in [-0.2, 0) is 4.74 Å². The molecule has 76 valence electrons. The zero-order valence-electron chi connectivity index (χ0n) is 9.09. The fourth-order valence-corrected chi connectivity index (χ4v) is 3.00. The van der Waals surface area contributed by atoms with Gasteiger partial charge in [0, 0.05) is 13.2 Å². The van der Waals surface area contributed by atoms with Crippen molar-refractivity contribution in [2.24, 2.45) is 0 Å². The Morgan fingerprint density at radius 1 is 1.23 bits per heavy atom. The molecule has 2 nitrogen and oxygen atoms in total. The average Bonchev–Trinajstić information content (AvgIpc) is 2.16. The molecule has 0 aliphatic heterocycles. The molecule has 1 unspecified atom stereocenters. The SMILES string of the molecule is CCCCO[CH](CO)[Mg][CH2]CCC. The van der Waals surface area contributed by atoms with Crippen molar-refractivity contribution in [1.82, 2.24) is 0 Å². The smallest absolute Gasteiger partial charge is 0.404 e. The molecule has 0 aromatic carbocycles. The molecule has 0 rings (SSSR count). The summed E-state index contributed by atoms with van der Waals surface area (Å²) in [5.74, 6) is 0. The molecular weight excluding hydrogens is 176 g/mol. The van der Waals surface area contributed by atoms with Crippen LogP contribution < -0.4 is 0 Å². The van der Waals surface area contributed by atoms with Crippen LogP contribution in [0.1, 0.15) is 39.5 Å². The normalized spacial score (nSPS) is 12.5. The highest BCUT2D eigenvalue weighted by atomic mass is 24.5. The van der Waals surface area contributed by atoms with E-state index in [0.29, 0.717) is 0 Å². The van der Waals surface area contributed by atoms with E-state index in [-0.39, 0.29) is 31.2 Å². The van der Waals surface area contributed by atoms with Gasteiger partial charge < -0.3 is 9.84 Å². The first-order chi connectivity index (χ1) is 6.35. The number of unbranched alkanes of at least 4 members (excludes halogenated alkanes) is 2. The van der Waals surface area contributed by atoms with Crippen molar-refractivity contribution in [2.75, 3.05) is 13.2 Å². The Balaban J connectivity index is 3.28. The molecule has 0 heterocycles. The predicted octanol–water partition coefficient (Wildman–Crippen LogP) is 2.04. The van der Waals surface area contributed by atoms with Crippen LogP contribution in [-0.4, -0.2) is 42.9 Å². The minimum absolute atomic E-state index is 0.186. The first-order valence-corrected chi connectivity index (χ1v) is 7.39. The van der Waals surface area contributed by atoms with Gasteiger partial charge in [-0.15, -0.1) is 4.55 Å². The topological polar surface area (TPSA) is 29.5 Å². The summed E-state index contributed by atoms with van der Waals surface area (Å²) in [6.45, 7) is 5.44. The summed E-state index contributed by atoms with van der Waals surface area (Å²) in [5, 5.41) is 9.03. The molecule has 0 aromatic rings. The number of hydrogen-bond donors (Lipinski definition) is 1. The minimum Gasteiger partial charge on any atom is -0.404 e. The lowest BCUT2D eigenvalue weighted by molar-refractivity contribution is 0.0593. The standard InChI is InChI=1S/C6H13O2.C4H9.Mg/c1-2-3-5-8-6-4-7;1-3-4-2;/h6-7H,2-5H2,1H3;1,3-4H2,2H3;. The monoisotopic (exact) mass is 198 g/mol. The Morgan fingerprint density at radius 2 is 1.92 bits per heavy atom. The van der Waals surface area contributed by atoms with Crippen LogP contribution in [0.2, 0.25) is 4.55 Å². The maximum atomic E-state index is 9.03. The lowest BCUT2D eigenvalue weighted by atomic mass is 10.4. The molecule has 0 aliphatic rings. The highest BCUT2D eigenvalue weighted by Gasteiger charge is 2.10. The van der Waals surface area contributed by atoms with E-state index in [1.165, 1.54) is 23.8 Å². The lowest BCUT2D eigenvalue weighted by Crippen LogP contribution is -2.25. The fourth-order valence-electron chi connectivity index (χ4n) is 1.24. The summed E-state index contributed by atoms with van der Waals surface area (Å²) in [4.78, 5) is 0. The second-order valence-corrected chi connectivity index (χ2v) is 5.72. The van der Waals surface area contributed by atoms with E-state index < -0.39 is 0 Å². The summed E-state index contributed by atoms with van der Waals surface area (Å²) < 4.78 is 7.12. The first-order valence-electron chi connectivity index (χ1n) is 5.57. The highest BCUT2D eigenvalue weighted by molar-refractivity contribution is 6.37. The van der Waals surface area contributed by atoms with Crippen LogP contribution in [0.3, 0.4) is 0 Å². The largest absolute Gasteiger partial charge is 0.413 e. The summed E-state index contributed by atoms with van der Waals surface area (Å²) in [6, 6.07) is 0. The van der Waals surface area contributed by atoms with E-state index in [9.17, 15) is 0 Å². The van der Waals surface area contributed by atoms with Crippen LogP contribution in [0, 0.1) is 0 Å². The second kappa shape index (κ2) is 10.8. The van der Waals surface area contributed by atoms with Gasteiger partial charge in [-0.05, 0) is 10.7 Å². The van der Waals surface area contributed by atoms with Crippen molar-refractivity contribution >= 4 is 20.4 Å². The fraction of sp³-hybridized carbons (Fsp3) is 1.00. The molecule has 0 saturated carbocycles. The summed E-state index contributed by atoms with van der Waals surface area (Å²) in [5.41, 5.74) is 0. The van der Waals surface area contributed by atoms with E-state index >= 15 is 0 Å². The third-order valence-electron chi connectivity index (χ3n) is 2.18. The van der Waals surface area contributed by atoms with E-state index in [2.05, 4.69) is 13.8 Å². The van der Waals surface area contributed by atoms with Crippen molar-refractivity contribution < 1.29 is 9.84 Å². The number of ether oxygens (including phenoxy) is 1. The minimum atomic E-state index is -0.186. The third kappa shape index (κ3) is 9.00. The molecule has 0 radical (unpaired) electrons. The molecule has 0 aliphatic carbocycles. The van der Waals surface area contributed by atoms with Crippen LogP contribution in [0.5, 0.6) is 0 Å². The molecule has 0 fully saturated rings. The molecule has 0 spiro atoms. The number of hydrogen-bond acceptors (Lipinski definition) is 2. The van der Waals surface area contributed by atoms with E-state index in [4.69, 9.17) is 9.84 Å². The van der Waals surface area contributed by atoms with Crippen molar-refractivity contribution in [3.8, 4) is 0 Å². The van der Waals surface area contributed by atoms with Crippen molar-refractivity contribution in [3.63, 3.8) is 0 Å². The molecule has 0 amide bonds. The van der Waals surface area contributed by atoms with Gasteiger partial charge in [0.15, 0.2) is 0 Å². The first kappa shape index (κ1) is 13.7. The maximum Gasteiger partial charge on any atom is 0.413 e. The zero-order valence-corrected chi connectivity index (χ0v) is 10.5. The van der Waals surface area contributed by atoms with E-state index in [1.807, 2.05) is 0 Å². The zero-order chi connectivity index (χ0) is 9.94. The van der Waals surface area contributed by atoms with E-state index in [1.54, 1.807) is 0 Å². The average molecular weight is 199 g/mol. The number of aliphatic hydroxyl groups is 1. The number of rotatable bonds is 9. The van der Waals surface area contributed by atoms with Gasteiger partial charge in [0.2, 0.25) is 0 Å². The van der Waals surface area contributed by atoms with Gasteiger partial charge in [-0.1, -0.05) is 33.1 Å². The van der Waals surface area contributed by atoms with Gasteiger partial charge in [0.1, 0.15) is 0 Å². The highest BCUT2D eigenvalue weighted by Crippen LogP contribution is 2.00. The van der Waals surface area contributed by atoms with Gasteiger partial charge in [0.05, 0.1) is 0 Å². The molecule has 1 N–H and O–H groups in total. The molecule has 0 bridgehead atoms. The molecule has 0 aromatic heterocycles. The molecule has 3 heteroatoms. The van der Waals surface area contributed by atoms with Gasteiger partial charge in [-0.3, -0.25) is 0 Å². The van der Waals surface area contributed by atoms with Gasteiger partial charge in [-0.25, -0.2) is 0 Å². The Morgan fingerprint density at radius 3 is 2.46 bits per heavy atom. The van der Waals surface area contributed by atoms with Crippen LogP contribution in [0.15, 0.2) is 0 Å². The maximum absolute atomic E-state index is 9.03. The molecule has 1 atom stereocenters. The quantitative estimate of drug-likeness (QED) is 0.454. The van der Waals surface area contributed by atoms with Gasteiger partial charge in [0.25, 0.3) is 0 Å². The summed E-state index contributed by atoms with van der Waals surface area (Å²) >= 11 is -0.186. The lowest BCUT2D eigenvalue weighted by Gasteiger charge is -2.14. The van der Waals surface area contributed by atoms with Crippen LogP contribution in [0.4, 0.5) is 0 Å². The Hall–Kier alpha value is 0.686. The second-order valence-electron chi connectivity index (χ2n) is 3.52. The van der Waals surface area contributed by atoms with E-state index in [0.717, 1.165) is 13.0 Å². The Kier molecular flexibility index (Phi) is 11.3. The van der Waals surface area contributed by atoms with Crippen molar-refractivity contribution in [1.29, 1.82) is 0 Å². The molecule has 0 saturated heterocycles. The summed E-state index contributed by atoms with van der Waals surface area (Å²) in [7, 11) is 0. The molecule has 13 heavy (non-hydrogen) atoms. The van der Waals surface area contributed by atoms with Crippen molar-refractivity contribution in [3.05, 3.63) is 0 Å². The Labute approximate surface area is 91.8 Å². The summed E-state index contributed by atoms with van der Waals surface area (Å²) in [6.07, 6.45) is 4.87.